The fourth-order valence-electron chi connectivity index (χ4n) is 1.97. The summed E-state index contributed by atoms with van der Waals surface area (Å²) in [7, 11) is 0. The number of alkyl carbamates (subject to hydrolysis) is 1. The van der Waals surface area contributed by atoms with E-state index in [9.17, 15) is 14.4 Å². The van der Waals surface area contributed by atoms with E-state index in [1.54, 1.807) is 20.8 Å². The van der Waals surface area contributed by atoms with Crippen molar-refractivity contribution in [1.29, 1.82) is 0 Å². The first-order valence-electron chi connectivity index (χ1n) is 8.41. The molecule has 0 fully saturated rings. The number of carbonyl (C=O) groups is 3. The van der Waals surface area contributed by atoms with E-state index in [1.165, 1.54) is 0 Å². The van der Waals surface area contributed by atoms with Gasteiger partial charge in [-0.25, -0.2) is 4.79 Å². The lowest BCUT2D eigenvalue weighted by molar-refractivity contribution is -0.122. The molecule has 0 saturated carbocycles. The molecule has 1 rings (SSSR count). The lowest BCUT2D eigenvalue weighted by Crippen LogP contribution is -2.42. The van der Waals surface area contributed by atoms with Crippen LogP contribution in [0, 0.1) is 0 Å². The lowest BCUT2D eigenvalue weighted by atomic mass is 10.1. The van der Waals surface area contributed by atoms with Gasteiger partial charge in [0.2, 0.25) is 11.8 Å². The van der Waals surface area contributed by atoms with Crippen molar-refractivity contribution in [3.8, 4) is 0 Å². The van der Waals surface area contributed by atoms with Crippen molar-refractivity contribution in [2.24, 2.45) is 0 Å². The molecule has 1 aromatic carbocycles. The number of ether oxygens (including phenoxy) is 1. The first-order valence-corrected chi connectivity index (χ1v) is 9.20. The van der Waals surface area contributed by atoms with E-state index in [1.807, 2.05) is 24.3 Å². The highest BCUT2D eigenvalue weighted by molar-refractivity contribution is 9.10. The molecule has 1 aromatic rings. The van der Waals surface area contributed by atoms with Gasteiger partial charge in [0.25, 0.3) is 0 Å². The van der Waals surface area contributed by atoms with Crippen molar-refractivity contribution in [2.75, 3.05) is 19.6 Å². The SMILES string of the molecule is CC(C)(C)OC(=O)NCC(=O)NCCNC(=O)CCc1ccccc1Br. The van der Waals surface area contributed by atoms with Crippen molar-refractivity contribution in [3.63, 3.8) is 0 Å². The summed E-state index contributed by atoms with van der Waals surface area (Å²) in [6, 6.07) is 7.76. The van der Waals surface area contributed by atoms with Gasteiger partial charge in [-0.15, -0.1) is 0 Å². The third-order valence-electron chi connectivity index (χ3n) is 3.14. The Morgan fingerprint density at radius 1 is 1.00 bits per heavy atom. The Labute approximate surface area is 162 Å². The zero-order chi connectivity index (χ0) is 19.6. The number of amides is 3. The molecule has 0 bridgehead atoms. The Morgan fingerprint density at radius 2 is 1.62 bits per heavy atom. The minimum Gasteiger partial charge on any atom is -0.444 e. The van der Waals surface area contributed by atoms with Crippen LogP contribution in [0.1, 0.15) is 32.8 Å². The van der Waals surface area contributed by atoms with Crippen molar-refractivity contribution >= 4 is 33.8 Å². The zero-order valence-corrected chi connectivity index (χ0v) is 16.9. The van der Waals surface area contributed by atoms with Gasteiger partial charge in [0.05, 0.1) is 6.54 Å². The molecule has 26 heavy (non-hydrogen) atoms. The van der Waals surface area contributed by atoms with Crippen LogP contribution in [0.3, 0.4) is 0 Å². The van der Waals surface area contributed by atoms with Crippen LogP contribution in [0.25, 0.3) is 0 Å². The van der Waals surface area contributed by atoms with Gasteiger partial charge in [-0.3, -0.25) is 9.59 Å². The molecular weight excluding hydrogens is 402 g/mol. The molecular formula is C18H26BrN3O4. The highest BCUT2D eigenvalue weighted by atomic mass is 79.9. The van der Waals surface area contributed by atoms with Gasteiger partial charge in [-0.2, -0.15) is 0 Å². The number of nitrogens with one attached hydrogen (secondary N) is 3. The number of hydrogen-bond acceptors (Lipinski definition) is 4. The van der Waals surface area contributed by atoms with Crippen LogP contribution in [0.15, 0.2) is 28.7 Å². The predicted molar refractivity (Wildman–Crippen MR) is 103 cm³/mol. The quantitative estimate of drug-likeness (QED) is 0.553. The third-order valence-corrected chi connectivity index (χ3v) is 3.91. The number of rotatable bonds is 8. The predicted octanol–water partition coefficient (Wildman–Crippen LogP) is 2.14. The number of benzene rings is 1. The smallest absolute Gasteiger partial charge is 0.408 e. The van der Waals surface area contributed by atoms with E-state index in [0.29, 0.717) is 19.4 Å². The largest absolute Gasteiger partial charge is 0.444 e. The average molecular weight is 428 g/mol. The number of carbonyl (C=O) groups excluding carboxylic acids is 3. The monoisotopic (exact) mass is 427 g/mol. The van der Waals surface area contributed by atoms with E-state index in [-0.39, 0.29) is 24.9 Å². The van der Waals surface area contributed by atoms with E-state index < -0.39 is 11.7 Å². The number of hydrogen-bond donors (Lipinski definition) is 3. The fourth-order valence-corrected chi connectivity index (χ4v) is 2.45. The molecule has 0 heterocycles. The zero-order valence-electron chi connectivity index (χ0n) is 15.4. The maximum Gasteiger partial charge on any atom is 0.408 e. The van der Waals surface area contributed by atoms with Gasteiger partial charge >= 0.3 is 6.09 Å². The number of aryl methyl sites for hydroxylation is 1. The minimum atomic E-state index is -0.645. The topological polar surface area (TPSA) is 96.5 Å². The Bertz CT molecular complexity index is 629. The van der Waals surface area contributed by atoms with Crippen LogP contribution in [0.4, 0.5) is 4.79 Å². The van der Waals surface area contributed by atoms with E-state index in [2.05, 4.69) is 31.9 Å². The van der Waals surface area contributed by atoms with Crippen LogP contribution in [-0.4, -0.2) is 43.1 Å². The van der Waals surface area contributed by atoms with Gasteiger partial charge in [-0.05, 0) is 38.8 Å². The van der Waals surface area contributed by atoms with Crippen LogP contribution >= 0.6 is 15.9 Å². The molecule has 0 radical (unpaired) electrons. The van der Waals surface area contributed by atoms with Gasteiger partial charge in [0.1, 0.15) is 5.60 Å². The highest BCUT2D eigenvalue weighted by Gasteiger charge is 2.16. The molecule has 0 aliphatic carbocycles. The first kappa shape index (κ1) is 22.0. The maximum atomic E-state index is 11.8. The first-order chi connectivity index (χ1) is 12.2. The molecule has 0 saturated heterocycles. The molecule has 7 nitrogen and oxygen atoms in total. The standard InChI is InChI=1S/C18H26BrN3O4/c1-18(2,3)26-17(25)22-12-16(24)21-11-10-20-15(23)9-8-13-6-4-5-7-14(13)19/h4-7H,8-12H2,1-3H3,(H,20,23)(H,21,24)(H,22,25). The highest BCUT2D eigenvalue weighted by Crippen LogP contribution is 2.17. The summed E-state index contributed by atoms with van der Waals surface area (Å²) >= 11 is 3.45. The molecule has 144 valence electrons. The van der Waals surface area contributed by atoms with Crippen LogP contribution in [-0.2, 0) is 20.7 Å². The van der Waals surface area contributed by atoms with Gasteiger partial charge < -0.3 is 20.7 Å². The summed E-state index contributed by atoms with van der Waals surface area (Å²) < 4.78 is 6.01. The molecule has 0 spiro atoms. The molecule has 0 atom stereocenters. The summed E-state index contributed by atoms with van der Waals surface area (Å²) in [5, 5.41) is 7.72. The molecule has 0 aliphatic heterocycles. The van der Waals surface area contributed by atoms with Gasteiger partial charge in [-0.1, -0.05) is 34.1 Å². The second-order valence-corrected chi connectivity index (χ2v) is 7.50. The third kappa shape index (κ3) is 10.0. The van der Waals surface area contributed by atoms with Crippen molar-refractivity contribution < 1.29 is 19.1 Å². The average Bonchev–Trinajstić information content (AvgIpc) is 2.54. The molecule has 8 heteroatoms. The van der Waals surface area contributed by atoms with E-state index in [0.717, 1.165) is 10.0 Å². The number of halogens is 1. The van der Waals surface area contributed by atoms with E-state index >= 15 is 0 Å². The Morgan fingerprint density at radius 3 is 2.23 bits per heavy atom. The Balaban J connectivity index is 2.12. The lowest BCUT2D eigenvalue weighted by Gasteiger charge is -2.19. The summed E-state index contributed by atoms with van der Waals surface area (Å²) in [6.45, 7) is 5.66. The molecule has 3 amide bonds. The molecule has 0 aromatic heterocycles. The minimum absolute atomic E-state index is 0.0816. The second-order valence-electron chi connectivity index (χ2n) is 6.65. The second kappa shape index (κ2) is 10.8. The summed E-state index contributed by atoms with van der Waals surface area (Å²) in [5.41, 5.74) is 0.462. The Kier molecular flexibility index (Phi) is 9.12. The van der Waals surface area contributed by atoms with Gasteiger partial charge in [0.15, 0.2) is 0 Å². The summed E-state index contributed by atoms with van der Waals surface area (Å²) in [4.78, 5) is 34.8. The summed E-state index contributed by atoms with van der Waals surface area (Å²) in [5.74, 6) is -0.430. The van der Waals surface area contributed by atoms with Crippen LogP contribution in [0.2, 0.25) is 0 Å². The van der Waals surface area contributed by atoms with Crippen LogP contribution in [0.5, 0.6) is 0 Å². The fraction of sp³-hybridized carbons (Fsp3) is 0.500. The maximum absolute atomic E-state index is 11.8. The van der Waals surface area contributed by atoms with Crippen molar-refractivity contribution in [2.45, 2.75) is 39.2 Å². The molecule has 0 aliphatic rings. The Hall–Kier alpha value is -2.09. The van der Waals surface area contributed by atoms with Crippen molar-refractivity contribution in [3.05, 3.63) is 34.3 Å². The van der Waals surface area contributed by atoms with Gasteiger partial charge in [0, 0.05) is 24.0 Å². The van der Waals surface area contributed by atoms with Crippen LogP contribution < -0.4 is 16.0 Å². The van der Waals surface area contributed by atoms with E-state index in [4.69, 9.17) is 4.74 Å². The van der Waals surface area contributed by atoms with Crippen molar-refractivity contribution in [1.82, 2.24) is 16.0 Å². The molecule has 3 N–H and O–H groups in total. The summed E-state index contributed by atoms with van der Waals surface area (Å²) in [6.07, 6.45) is 0.365. The normalized spacial score (nSPS) is 10.8. The molecule has 0 unspecified atom stereocenters.